The van der Waals surface area contributed by atoms with Gasteiger partial charge in [-0.3, -0.25) is 0 Å². The van der Waals surface area contributed by atoms with Crippen LogP contribution in [0.4, 0.5) is 4.79 Å². The summed E-state index contributed by atoms with van der Waals surface area (Å²) >= 11 is 0. The molecular weight excluding hydrogens is 262 g/mol. The number of urea groups is 1. The summed E-state index contributed by atoms with van der Waals surface area (Å²) in [6.07, 6.45) is 7.31. The average molecular weight is 295 g/mol. The van der Waals surface area contributed by atoms with Gasteiger partial charge in [-0.25, -0.2) is 4.79 Å². The van der Waals surface area contributed by atoms with Crippen molar-refractivity contribution < 1.29 is 4.79 Å². The highest BCUT2D eigenvalue weighted by Crippen LogP contribution is 2.16. The predicted molar refractivity (Wildman–Crippen MR) is 87.4 cm³/mol. The number of rotatable bonds is 5. The Balaban J connectivity index is 1.48. The fourth-order valence-electron chi connectivity index (χ4n) is 3.26. The van der Waals surface area contributed by atoms with Crippen molar-refractivity contribution in [3.8, 4) is 0 Å². The fourth-order valence-corrected chi connectivity index (χ4v) is 3.26. The molecule has 0 unspecified atom stereocenters. The maximum absolute atomic E-state index is 12.0. The van der Waals surface area contributed by atoms with E-state index in [9.17, 15) is 4.79 Å². The summed E-state index contributed by atoms with van der Waals surface area (Å²) in [4.78, 5) is 16.6. The van der Waals surface area contributed by atoms with Gasteiger partial charge in [0.2, 0.25) is 0 Å². The van der Waals surface area contributed by atoms with Crippen LogP contribution in [0.25, 0.3) is 0 Å². The normalized spacial score (nSPS) is 22.5. The van der Waals surface area contributed by atoms with Gasteiger partial charge in [0.05, 0.1) is 0 Å². The van der Waals surface area contributed by atoms with Crippen LogP contribution < -0.4 is 5.32 Å². The Morgan fingerprint density at radius 1 is 0.952 bits per heavy atom. The van der Waals surface area contributed by atoms with Crippen LogP contribution in [0.1, 0.15) is 52.4 Å². The third-order valence-corrected chi connectivity index (χ3v) is 5.12. The van der Waals surface area contributed by atoms with Gasteiger partial charge in [0.15, 0.2) is 0 Å². The molecule has 0 bridgehead atoms. The maximum Gasteiger partial charge on any atom is 0.317 e. The van der Waals surface area contributed by atoms with Crippen molar-refractivity contribution in [1.29, 1.82) is 0 Å². The molecule has 0 radical (unpaired) electrons. The van der Waals surface area contributed by atoms with Crippen molar-refractivity contribution in [3.63, 3.8) is 0 Å². The molecule has 2 amide bonds. The second-order valence-electron chi connectivity index (χ2n) is 7.13. The number of hydrogen-bond donors (Lipinski definition) is 1. The predicted octanol–water partition coefficient (Wildman–Crippen LogP) is 2.94. The number of likely N-dealkylation sites (tertiary alicyclic amines) is 2. The SMILES string of the molecule is CC1CCN(CCCCNC(=O)N2CCC(C)CC2)CC1. The van der Waals surface area contributed by atoms with Gasteiger partial charge in [0, 0.05) is 19.6 Å². The number of carbonyl (C=O) groups is 1. The number of nitrogens with one attached hydrogen (secondary N) is 1. The van der Waals surface area contributed by atoms with E-state index in [1.54, 1.807) is 0 Å². The molecular formula is C17H33N3O. The molecule has 122 valence electrons. The largest absolute Gasteiger partial charge is 0.338 e. The second kappa shape index (κ2) is 8.62. The van der Waals surface area contributed by atoms with E-state index in [0.717, 1.165) is 50.7 Å². The van der Waals surface area contributed by atoms with Gasteiger partial charge in [0.25, 0.3) is 0 Å². The zero-order valence-corrected chi connectivity index (χ0v) is 13.9. The number of amides is 2. The summed E-state index contributed by atoms with van der Waals surface area (Å²) in [5, 5.41) is 3.08. The maximum atomic E-state index is 12.0. The third-order valence-electron chi connectivity index (χ3n) is 5.12. The van der Waals surface area contributed by atoms with E-state index >= 15 is 0 Å². The molecule has 1 N–H and O–H groups in total. The Morgan fingerprint density at radius 2 is 1.52 bits per heavy atom. The first kappa shape index (κ1) is 16.6. The first-order valence-corrected chi connectivity index (χ1v) is 8.90. The lowest BCUT2D eigenvalue weighted by Crippen LogP contribution is -2.44. The molecule has 0 atom stereocenters. The standard InChI is InChI=1S/C17H33N3O/c1-15-5-11-19(12-6-15)10-4-3-9-18-17(21)20-13-7-16(2)8-14-20/h15-16H,3-14H2,1-2H3,(H,18,21). The molecule has 2 fully saturated rings. The zero-order chi connectivity index (χ0) is 15.1. The molecule has 2 saturated heterocycles. The summed E-state index contributed by atoms with van der Waals surface area (Å²) in [7, 11) is 0. The molecule has 0 aromatic rings. The van der Waals surface area contributed by atoms with Gasteiger partial charge in [-0.05, 0) is 70.0 Å². The Kier molecular flexibility index (Phi) is 6.81. The number of hydrogen-bond acceptors (Lipinski definition) is 2. The number of piperidine rings is 2. The van der Waals surface area contributed by atoms with E-state index in [-0.39, 0.29) is 6.03 Å². The molecule has 2 rings (SSSR count). The van der Waals surface area contributed by atoms with Crippen LogP contribution in [0, 0.1) is 11.8 Å². The minimum Gasteiger partial charge on any atom is -0.338 e. The van der Waals surface area contributed by atoms with Crippen molar-refractivity contribution in [2.45, 2.75) is 52.4 Å². The minimum absolute atomic E-state index is 0.147. The summed E-state index contributed by atoms with van der Waals surface area (Å²) in [6.45, 7) is 11.0. The highest BCUT2D eigenvalue weighted by atomic mass is 16.2. The lowest BCUT2D eigenvalue weighted by Gasteiger charge is -2.31. The van der Waals surface area contributed by atoms with Gasteiger partial charge >= 0.3 is 6.03 Å². The van der Waals surface area contributed by atoms with E-state index in [1.807, 2.05) is 4.90 Å². The molecule has 2 aliphatic heterocycles. The van der Waals surface area contributed by atoms with Gasteiger partial charge in [-0.15, -0.1) is 0 Å². The van der Waals surface area contributed by atoms with E-state index in [2.05, 4.69) is 24.1 Å². The number of nitrogens with zero attached hydrogens (tertiary/aromatic N) is 2. The smallest absolute Gasteiger partial charge is 0.317 e. The first-order chi connectivity index (χ1) is 10.1. The van der Waals surface area contributed by atoms with Crippen LogP contribution in [0.15, 0.2) is 0 Å². The monoisotopic (exact) mass is 295 g/mol. The van der Waals surface area contributed by atoms with Gasteiger partial charge in [-0.2, -0.15) is 0 Å². The Morgan fingerprint density at radius 3 is 2.14 bits per heavy atom. The Bertz CT molecular complexity index is 305. The minimum atomic E-state index is 0.147. The van der Waals surface area contributed by atoms with E-state index in [1.165, 1.54) is 38.9 Å². The quantitative estimate of drug-likeness (QED) is 0.792. The summed E-state index contributed by atoms with van der Waals surface area (Å²) in [5.74, 6) is 1.69. The van der Waals surface area contributed by atoms with Crippen LogP contribution in [0.2, 0.25) is 0 Å². The molecule has 0 saturated carbocycles. The average Bonchev–Trinajstić information content (AvgIpc) is 2.49. The van der Waals surface area contributed by atoms with Crippen molar-refractivity contribution in [1.82, 2.24) is 15.1 Å². The molecule has 0 spiro atoms. The summed E-state index contributed by atoms with van der Waals surface area (Å²) < 4.78 is 0. The molecule has 4 nitrogen and oxygen atoms in total. The molecule has 2 heterocycles. The number of unbranched alkanes of at least 4 members (excludes halogenated alkanes) is 1. The Labute approximate surface area is 130 Å². The second-order valence-corrected chi connectivity index (χ2v) is 7.13. The molecule has 2 aliphatic rings. The molecule has 0 aromatic carbocycles. The molecule has 0 aromatic heterocycles. The zero-order valence-electron chi connectivity index (χ0n) is 13.9. The van der Waals surface area contributed by atoms with Crippen LogP contribution in [-0.2, 0) is 0 Å². The summed E-state index contributed by atoms with van der Waals surface area (Å²) in [6, 6.07) is 0.147. The van der Waals surface area contributed by atoms with Gasteiger partial charge in [-0.1, -0.05) is 13.8 Å². The lowest BCUT2D eigenvalue weighted by atomic mass is 9.99. The van der Waals surface area contributed by atoms with E-state index < -0.39 is 0 Å². The Hall–Kier alpha value is -0.770. The highest BCUT2D eigenvalue weighted by molar-refractivity contribution is 5.74. The highest BCUT2D eigenvalue weighted by Gasteiger charge is 2.19. The van der Waals surface area contributed by atoms with Crippen LogP contribution in [0.3, 0.4) is 0 Å². The van der Waals surface area contributed by atoms with Crippen molar-refractivity contribution in [2.75, 3.05) is 39.3 Å². The van der Waals surface area contributed by atoms with Crippen LogP contribution in [-0.4, -0.2) is 55.1 Å². The number of carbonyl (C=O) groups excluding carboxylic acids is 1. The summed E-state index contributed by atoms with van der Waals surface area (Å²) in [5.41, 5.74) is 0. The fraction of sp³-hybridized carbons (Fsp3) is 0.941. The van der Waals surface area contributed by atoms with E-state index in [0.29, 0.717) is 0 Å². The van der Waals surface area contributed by atoms with Crippen molar-refractivity contribution >= 4 is 6.03 Å². The van der Waals surface area contributed by atoms with Gasteiger partial charge < -0.3 is 15.1 Å². The lowest BCUT2D eigenvalue weighted by molar-refractivity contribution is 0.172. The van der Waals surface area contributed by atoms with Crippen molar-refractivity contribution in [2.24, 2.45) is 11.8 Å². The van der Waals surface area contributed by atoms with E-state index in [4.69, 9.17) is 0 Å². The van der Waals surface area contributed by atoms with Crippen LogP contribution >= 0.6 is 0 Å². The van der Waals surface area contributed by atoms with Crippen molar-refractivity contribution in [3.05, 3.63) is 0 Å². The van der Waals surface area contributed by atoms with Crippen LogP contribution in [0.5, 0.6) is 0 Å². The topological polar surface area (TPSA) is 35.6 Å². The first-order valence-electron chi connectivity index (χ1n) is 8.90. The molecule has 0 aliphatic carbocycles. The van der Waals surface area contributed by atoms with Gasteiger partial charge in [0.1, 0.15) is 0 Å². The molecule has 21 heavy (non-hydrogen) atoms. The third kappa shape index (κ3) is 5.85. The molecule has 4 heteroatoms.